The van der Waals surface area contributed by atoms with E-state index in [1.165, 1.54) is 6.07 Å². The van der Waals surface area contributed by atoms with Gasteiger partial charge in [-0.1, -0.05) is 12.1 Å². The van der Waals surface area contributed by atoms with Crippen molar-refractivity contribution in [1.82, 2.24) is 9.97 Å². The Morgan fingerprint density at radius 1 is 1.37 bits per heavy atom. The summed E-state index contributed by atoms with van der Waals surface area (Å²) in [6.07, 6.45) is 0. The van der Waals surface area contributed by atoms with Gasteiger partial charge in [0.05, 0.1) is 5.69 Å². The maximum atomic E-state index is 13.7. The molecule has 2 aromatic rings. The summed E-state index contributed by atoms with van der Waals surface area (Å²) < 4.78 is 13.7. The molecule has 5 heteroatoms. The van der Waals surface area contributed by atoms with Crippen LogP contribution in [0, 0.1) is 12.7 Å². The standard InChI is InChI=1S/C14H15FN2O2/c1-8-11(9-6-4-5-7-10(9)15)17-12(16-8)14(2,3)13(18)19/h4-7H,1-3H3,(H,16,17)(H,18,19). The van der Waals surface area contributed by atoms with Gasteiger partial charge >= 0.3 is 5.97 Å². The Morgan fingerprint density at radius 2 is 2.00 bits per heavy atom. The summed E-state index contributed by atoms with van der Waals surface area (Å²) in [7, 11) is 0. The molecule has 0 atom stereocenters. The van der Waals surface area contributed by atoms with E-state index in [9.17, 15) is 14.3 Å². The minimum absolute atomic E-state index is 0.316. The first-order chi connectivity index (χ1) is 8.84. The highest BCUT2D eigenvalue weighted by molar-refractivity contribution is 5.79. The van der Waals surface area contributed by atoms with E-state index < -0.39 is 11.4 Å². The number of nitrogens with zero attached hydrogens (tertiary/aromatic N) is 1. The molecule has 1 heterocycles. The van der Waals surface area contributed by atoms with Gasteiger partial charge in [0.1, 0.15) is 17.1 Å². The highest BCUT2D eigenvalue weighted by Crippen LogP contribution is 2.28. The third-order valence-corrected chi connectivity index (χ3v) is 3.14. The molecule has 4 nitrogen and oxygen atoms in total. The Kier molecular flexibility index (Phi) is 3.14. The van der Waals surface area contributed by atoms with Crippen LogP contribution in [-0.4, -0.2) is 21.0 Å². The molecule has 0 amide bonds. The van der Waals surface area contributed by atoms with Crippen LogP contribution in [0.5, 0.6) is 0 Å². The molecule has 2 rings (SSSR count). The first-order valence-electron chi connectivity index (χ1n) is 5.89. The first kappa shape index (κ1) is 13.3. The van der Waals surface area contributed by atoms with E-state index in [1.54, 1.807) is 39.0 Å². The third kappa shape index (κ3) is 2.23. The Hall–Kier alpha value is -2.17. The van der Waals surface area contributed by atoms with Crippen molar-refractivity contribution in [3.05, 3.63) is 41.6 Å². The van der Waals surface area contributed by atoms with Crippen molar-refractivity contribution >= 4 is 5.97 Å². The van der Waals surface area contributed by atoms with Crippen LogP contribution in [0.4, 0.5) is 4.39 Å². The highest BCUT2D eigenvalue weighted by atomic mass is 19.1. The fraction of sp³-hybridized carbons (Fsp3) is 0.286. The molecule has 0 spiro atoms. The van der Waals surface area contributed by atoms with Crippen LogP contribution in [-0.2, 0) is 10.2 Å². The van der Waals surface area contributed by atoms with E-state index in [-0.39, 0.29) is 5.82 Å². The lowest BCUT2D eigenvalue weighted by Crippen LogP contribution is -2.29. The minimum atomic E-state index is -1.14. The fourth-order valence-corrected chi connectivity index (χ4v) is 1.77. The highest BCUT2D eigenvalue weighted by Gasteiger charge is 2.33. The second-order valence-corrected chi connectivity index (χ2v) is 4.97. The van der Waals surface area contributed by atoms with Crippen LogP contribution in [0.25, 0.3) is 11.3 Å². The maximum absolute atomic E-state index is 13.7. The summed E-state index contributed by atoms with van der Waals surface area (Å²) in [5, 5.41) is 9.19. The largest absolute Gasteiger partial charge is 0.481 e. The number of rotatable bonds is 3. The monoisotopic (exact) mass is 262 g/mol. The van der Waals surface area contributed by atoms with Crippen molar-refractivity contribution in [2.24, 2.45) is 0 Å². The molecular formula is C14H15FN2O2. The molecule has 2 N–H and O–H groups in total. The normalized spacial score (nSPS) is 11.6. The predicted molar refractivity (Wildman–Crippen MR) is 69.4 cm³/mol. The van der Waals surface area contributed by atoms with Gasteiger partial charge in [-0.25, -0.2) is 9.37 Å². The number of hydrogen-bond donors (Lipinski definition) is 2. The van der Waals surface area contributed by atoms with Crippen LogP contribution >= 0.6 is 0 Å². The zero-order valence-electron chi connectivity index (χ0n) is 11.0. The number of hydrogen-bond acceptors (Lipinski definition) is 2. The number of carbonyl (C=O) groups is 1. The van der Waals surface area contributed by atoms with Gasteiger partial charge in [-0.15, -0.1) is 0 Å². The molecule has 0 saturated carbocycles. The Bertz CT molecular complexity index is 632. The molecule has 0 saturated heterocycles. The van der Waals surface area contributed by atoms with Crippen LogP contribution in [0.15, 0.2) is 24.3 Å². The lowest BCUT2D eigenvalue weighted by molar-refractivity contribution is -0.142. The Morgan fingerprint density at radius 3 is 2.58 bits per heavy atom. The molecule has 100 valence electrons. The number of nitrogens with one attached hydrogen (secondary N) is 1. The maximum Gasteiger partial charge on any atom is 0.316 e. The van der Waals surface area contributed by atoms with Crippen molar-refractivity contribution in [2.75, 3.05) is 0 Å². The number of carboxylic acid groups (broad SMARTS) is 1. The number of halogens is 1. The van der Waals surface area contributed by atoms with E-state index in [2.05, 4.69) is 9.97 Å². The van der Waals surface area contributed by atoms with E-state index in [0.717, 1.165) is 0 Å². The summed E-state index contributed by atoms with van der Waals surface area (Å²) in [6.45, 7) is 4.85. The number of aromatic nitrogens is 2. The van der Waals surface area contributed by atoms with Gasteiger partial charge in [-0.2, -0.15) is 0 Å². The van der Waals surface area contributed by atoms with Gasteiger partial charge in [-0.05, 0) is 32.9 Å². The number of carboxylic acids is 1. The number of imidazole rings is 1. The molecule has 0 radical (unpaired) electrons. The Balaban J connectivity index is 2.55. The number of aliphatic carboxylic acids is 1. The van der Waals surface area contributed by atoms with Crippen LogP contribution < -0.4 is 0 Å². The van der Waals surface area contributed by atoms with Crippen LogP contribution in [0.1, 0.15) is 25.4 Å². The molecule has 0 unspecified atom stereocenters. The summed E-state index contributed by atoms with van der Waals surface area (Å²) in [4.78, 5) is 18.4. The lowest BCUT2D eigenvalue weighted by Gasteiger charge is -2.15. The van der Waals surface area contributed by atoms with Crippen molar-refractivity contribution in [3.63, 3.8) is 0 Å². The average Bonchev–Trinajstić information content (AvgIpc) is 2.72. The average molecular weight is 262 g/mol. The second kappa shape index (κ2) is 4.50. The molecule has 0 aliphatic rings. The molecule has 0 bridgehead atoms. The number of aryl methyl sites for hydroxylation is 1. The summed E-state index contributed by atoms with van der Waals surface area (Å²) >= 11 is 0. The van der Waals surface area contributed by atoms with Crippen molar-refractivity contribution in [3.8, 4) is 11.3 Å². The minimum Gasteiger partial charge on any atom is -0.481 e. The Labute approximate surface area is 110 Å². The SMILES string of the molecule is Cc1[nH]c(C(C)(C)C(=O)O)nc1-c1ccccc1F. The van der Waals surface area contributed by atoms with Gasteiger partial charge in [-0.3, -0.25) is 4.79 Å². The van der Waals surface area contributed by atoms with Gasteiger partial charge in [0.25, 0.3) is 0 Å². The van der Waals surface area contributed by atoms with Gasteiger partial charge in [0, 0.05) is 11.3 Å². The molecule has 0 fully saturated rings. The van der Waals surface area contributed by atoms with Crippen LogP contribution in [0.3, 0.4) is 0 Å². The molecule has 0 aliphatic heterocycles. The number of aromatic amines is 1. The summed E-state index contributed by atoms with van der Waals surface area (Å²) in [5.74, 6) is -1.05. The molecule has 0 aliphatic carbocycles. The van der Waals surface area contributed by atoms with Crippen molar-refractivity contribution in [1.29, 1.82) is 0 Å². The fourth-order valence-electron chi connectivity index (χ4n) is 1.77. The molecule has 1 aromatic heterocycles. The van der Waals surface area contributed by atoms with Crippen LogP contribution in [0.2, 0.25) is 0 Å². The van der Waals surface area contributed by atoms with E-state index in [1.807, 2.05) is 0 Å². The van der Waals surface area contributed by atoms with E-state index in [4.69, 9.17) is 0 Å². The van der Waals surface area contributed by atoms with E-state index >= 15 is 0 Å². The summed E-state index contributed by atoms with van der Waals surface area (Å²) in [6, 6.07) is 6.29. The topological polar surface area (TPSA) is 66.0 Å². The lowest BCUT2D eigenvalue weighted by atomic mass is 9.93. The zero-order chi connectivity index (χ0) is 14.2. The smallest absolute Gasteiger partial charge is 0.316 e. The number of H-pyrrole nitrogens is 1. The van der Waals surface area contributed by atoms with Crippen molar-refractivity contribution in [2.45, 2.75) is 26.2 Å². The first-order valence-corrected chi connectivity index (χ1v) is 5.89. The third-order valence-electron chi connectivity index (χ3n) is 3.14. The summed E-state index contributed by atoms with van der Waals surface area (Å²) in [5.41, 5.74) is 0.314. The van der Waals surface area contributed by atoms with Gasteiger partial charge in [0.15, 0.2) is 0 Å². The predicted octanol–water partition coefficient (Wildman–Crippen LogP) is 2.89. The quantitative estimate of drug-likeness (QED) is 0.893. The number of benzene rings is 1. The molecule has 1 aromatic carbocycles. The van der Waals surface area contributed by atoms with Crippen molar-refractivity contribution < 1.29 is 14.3 Å². The molecule has 19 heavy (non-hydrogen) atoms. The van der Waals surface area contributed by atoms with Gasteiger partial charge < -0.3 is 10.1 Å². The van der Waals surface area contributed by atoms with Gasteiger partial charge in [0.2, 0.25) is 0 Å². The second-order valence-electron chi connectivity index (χ2n) is 4.97. The molecular weight excluding hydrogens is 247 g/mol. The zero-order valence-corrected chi connectivity index (χ0v) is 11.0. The van der Waals surface area contributed by atoms with E-state index in [0.29, 0.717) is 22.8 Å².